The average molecular weight is 318 g/mol. The van der Waals surface area contributed by atoms with Crippen LogP contribution in [0.4, 0.5) is 14.5 Å². The third-order valence-electron chi connectivity index (χ3n) is 3.56. The summed E-state index contributed by atoms with van der Waals surface area (Å²) in [6.07, 6.45) is 0. The number of hydrogen-bond acceptors (Lipinski definition) is 2. The fourth-order valence-electron chi connectivity index (χ4n) is 2.31. The fraction of sp³-hybridized carbons (Fsp3) is 0.278. The number of carbonyl (C=O) groups excluding carboxylic acids is 1. The molecule has 0 spiro atoms. The van der Waals surface area contributed by atoms with Crippen molar-refractivity contribution in [1.29, 1.82) is 0 Å². The number of hydrogen-bond donors (Lipinski definition) is 1. The number of aryl methyl sites for hydroxylation is 1. The maximum atomic E-state index is 13.7. The Bertz CT molecular complexity index is 668. The van der Waals surface area contributed by atoms with Crippen molar-refractivity contribution in [1.82, 2.24) is 4.90 Å². The maximum absolute atomic E-state index is 13.7. The van der Waals surface area contributed by atoms with E-state index < -0.39 is 11.6 Å². The Hall–Kier alpha value is -2.27. The van der Waals surface area contributed by atoms with Crippen molar-refractivity contribution in [3.63, 3.8) is 0 Å². The number of anilines is 1. The van der Waals surface area contributed by atoms with E-state index in [1.165, 1.54) is 18.2 Å². The molecule has 2 aromatic rings. The molecule has 3 nitrogen and oxygen atoms in total. The first-order chi connectivity index (χ1) is 11.0. The summed E-state index contributed by atoms with van der Waals surface area (Å²) in [5.41, 5.74) is 1.74. The van der Waals surface area contributed by atoms with E-state index in [4.69, 9.17) is 0 Å². The third kappa shape index (κ3) is 4.86. The standard InChI is InChI=1S/C18H20F2N2O/c1-3-22(11-15-16(19)8-5-9-17(15)20)12-18(23)21-14-7-4-6-13(2)10-14/h4-10H,3,11-12H2,1-2H3,(H,21,23). The van der Waals surface area contributed by atoms with Gasteiger partial charge in [-0.15, -0.1) is 0 Å². The number of benzene rings is 2. The number of nitrogens with one attached hydrogen (secondary N) is 1. The van der Waals surface area contributed by atoms with Gasteiger partial charge in [0.25, 0.3) is 0 Å². The lowest BCUT2D eigenvalue weighted by Gasteiger charge is -2.20. The monoisotopic (exact) mass is 318 g/mol. The molecule has 0 fully saturated rings. The summed E-state index contributed by atoms with van der Waals surface area (Å²) in [6, 6.07) is 11.2. The summed E-state index contributed by atoms with van der Waals surface area (Å²) in [6.45, 7) is 4.41. The molecule has 0 aliphatic carbocycles. The second kappa shape index (κ2) is 7.83. The van der Waals surface area contributed by atoms with Crippen LogP contribution in [-0.4, -0.2) is 23.9 Å². The second-order valence-electron chi connectivity index (χ2n) is 5.42. The molecule has 0 saturated carbocycles. The predicted octanol–water partition coefficient (Wildman–Crippen LogP) is 3.73. The van der Waals surface area contributed by atoms with Crippen molar-refractivity contribution in [3.05, 3.63) is 65.2 Å². The van der Waals surface area contributed by atoms with Gasteiger partial charge in [-0.05, 0) is 43.3 Å². The number of halogens is 2. The van der Waals surface area contributed by atoms with Crippen LogP contribution < -0.4 is 5.32 Å². The molecule has 122 valence electrons. The number of carbonyl (C=O) groups is 1. The molecule has 0 aliphatic rings. The van der Waals surface area contributed by atoms with E-state index in [0.717, 1.165) is 5.56 Å². The van der Waals surface area contributed by atoms with Crippen LogP contribution in [0.2, 0.25) is 0 Å². The molecule has 0 heterocycles. The normalized spacial score (nSPS) is 10.8. The van der Waals surface area contributed by atoms with Gasteiger partial charge in [0.15, 0.2) is 0 Å². The zero-order valence-electron chi connectivity index (χ0n) is 13.3. The molecule has 0 unspecified atom stereocenters. The molecule has 0 aliphatic heterocycles. The minimum absolute atomic E-state index is 0.0160. The van der Waals surface area contributed by atoms with Crippen LogP contribution in [0.1, 0.15) is 18.1 Å². The number of likely N-dealkylation sites (N-methyl/N-ethyl adjacent to an activating group) is 1. The Balaban J connectivity index is 2.00. The summed E-state index contributed by atoms with van der Waals surface area (Å²) in [4.78, 5) is 13.8. The molecule has 0 saturated heterocycles. The van der Waals surface area contributed by atoms with E-state index in [-0.39, 0.29) is 24.6 Å². The van der Waals surface area contributed by atoms with E-state index in [0.29, 0.717) is 12.2 Å². The highest BCUT2D eigenvalue weighted by Crippen LogP contribution is 2.15. The molecular weight excluding hydrogens is 298 g/mol. The zero-order chi connectivity index (χ0) is 16.8. The first-order valence-electron chi connectivity index (χ1n) is 7.51. The Morgan fingerprint density at radius 3 is 2.39 bits per heavy atom. The van der Waals surface area contributed by atoms with E-state index in [1.807, 2.05) is 32.0 Å². The lowest BCUT2D eigenvalue weighted by atomic mass is 10.2. The highest BCUT2D eigenvalue weighted by molar-refractivity contribution is 5.92. The lowest BCUT2D eigenvalue weighted by Crippen LogP contribution is -2.33. The summed E-state index contributed by atoms with van der Waals surface area (Å²) in [5, 5.41) is 2.79. The van der Waals surface area contributed by atoms with Crippen molar-refractivity contribution < 1.29 is 13.6 Å². The summed E-state index contributed by atoms with van der Waals surface area (Å²) in [5.74, 6) is -1.40. The Kier molecular flexibility index (Phi) is 5.82. The molecule has 1 N–H and O–H groups in total. The minimum atomic E-state index is -0.595. The van der Waals surface area contributed by atoms with Crippen LogP contribution in [0.15, 0.2) is 42.5 Å². The molecule has 2 rings (SSSR count). The summed E-state index contributed by atoms with van der Waals surface area (Å²) >= 11 is 0. The SMILES string of the molecule is CCN(CC(=O)Nc1cccc(C)c1)Cc1c(F)cccc1F. The van der Waals surface area contributed by atoms with Crippen LogP contribution in [-0.2, 0) is 11.3 Å². The first-order valence-corrected chi connectivity index (χ1v) is 7.51. The fourth-order valence-corrected chi connectivity index (χ4v) is 2.31. The molecule has 5 heteroatoms. The van der Waals surface area contributed by atoms with Crippen LogP contribution in [0.25, 0.3) is 0 Å². The Morgan fingerprint density at radius 2 is 1.78 bits per heavy atom. The van der Waals surface area contributed by atoms with Gasteiger partial charge in [0.2, 0.25) is 5.91 Å². The molecule has 0 aromatic heterocycles. The smallest absolute Gasteiger partial charge is 0.238 e. The second-order valence-corrected chi connectivity index (χ2v) is 5.42. The van der Waals surface area contributed by atoms with Gasteiger partial charge in [-0.2, -0.15) is 0 Å². The summed E-state index contributed by atoms with van der Waals surface area (Å²) < 4.78 is 27.4. The highest BCUT2D eigenvalue weighted by atomic mass is 19.1. The van der Waals surface area contributed by atoms with Gasteiger partial charge >= 0.3 is 0 Å². The van der Waals surface area contributed by atoms with Gasteiger partial charge in [0.05, 0.1) is 6.54 Å². The summed E-state index contributed by atoms with van der Waals surface area (Å²) in [7, 11) is 0. The average Bonchev–Trinajstić information content (AvgIpc) is 2.50. The van der Waals surface area contributed by atoms with Crippen LogP contribution >= 0.6 is 0 Å². The lowest BCUT2D eigenvalue weighted by molar-refractivity contribution is -0.117. The van der Waals surface area contributed by atoms with Crippen molar-refractivity contribution in [2.24, 2.45) is 0 Å². The van der Waals surface area contributed by atoms with Gasteiger partial charge < -0.3 is 5.32 Å². The topological polar surface area (TPSA) is 32.3 Å². The minimum Gasteiger partial charge on any atom is -0.325 e. The highest BCUT2D eigenvalue weighted by Gasteiger charge is 2.15. The van der Waals surface area contributed by atoms with E-state index >= 15 is 0 Å². The van der Waals surface area contributed by atoms with Crippen molar-refractivity contribution in [2.75, 3.05) is 18.4 Å². The number of nitrogens with zero attached hydrogens (tertiary/aromatic N) is 1. The van der Waals surface area contributed by atoms with E-state index in [9.17, 15) is 13.6 Å². The molecule has 0 radical (unpaired) electrons. The number of rotatable bonds is 6. The van der Waals surface area contributed by atoms with Crippen molar-refractivity contribution >= 4 is 11.6 Å². The molecule has 23 heavy (non-hydrogen) atoms. The van der Waals surface area contributed by atoms with Crippen LogP contribution in [0, 0.1) is 18.6 Å². The van der Waals surface area contributed by atoms with Gasteiger partial charge in [0, 0.05) is 17.8 Å². The zero-order valence-corrected chi connectivity index (χ0v) is 13.3. The third-order valence-corrected chi connectivity index (χ3v) is 3.56. The van der Waals surface area contributed by atoms with E-state index in [2.05, 4.69) is 5.32 Å². The van der Waals surface area contributed by atoms with Crippen molar-refractivity contribution in [3.8, 4) is 0 Å². The maximum Gasteiger partial charge on any atom is 0.238 e. The largest absolute Gasteiger partial charge is 0.325 e. The Labute approximate surface area is 134 Å². The van der Waals surface area contributed by atoms with E-state index in [1.54, 1.807) is 11.0 Å². The first kappa shape index (κ1) is 17.1. The van der Waals surface area contributed by atoms with Gasteiger partial charge in [-0.3, -0.25) is 9.69 Å². The van der Waals surface area contributed by atoms with Crippen molar-refractivity contribution in [2.45, 2.75) is 20.4 Å². The molecule has 0 bridgehead atoms. The molecular formula is C18H20F2N2O. The molecule has 1 amide bonds. The van der Waals surface area contributed by atoms with Gasteiger partial charge in [-0.25, -0.2) is 8.78 Å². The quantitative estimate of drug-likeness (QED) is 0.880. The van der Waals surface area contributed by atoms with Gasteiger partial charge in [0.1, 0.15) is 11.6 Å². The molecule has 0 atom stereocenters. The van der Waals surface area contributed by atoms with Gasteiger partial charge in [-0.1, -0.05) is 25.1 Å². The van der Waals surface area contributed by atoms with Crippen LogP contribution in [0.3, 0.4) is 0 Å². The number of amides is 1. The Morgan fingerprint density at radius 1 is 1.13 bits per heavy atom. The molecule has 2 aromatic carbocycles. The van der Waals surface area contributed by atoms with Crippen LogP contribution in [0.5, 0.6) is 0 Å². The predicted molar refractivity (Wildman–Crippen MR) is 87.1 cm³/mol.